The van der Waals surface area contributed by atoms with Crippen LogP contribution in [0.3, 0.4) is 0 Å². The van der Waals surface area contributed by atoms with E-state index in [0.29, 0.717) is 5.69 Å². The van der Waals surface area contributed by atoms with Crippen LogP contribution in [-0.4, -0.2) is 17.6 Å². The molecule has 9 rings (SSSR count). The number of anilines is 1. The highest BCUT2D eigenvalue weighted by Crippen LogP contribution is 2.74. The van der Waals surface area contributed by atoms with Crippen LogP contribution in [0.4, 0.5) is 5.69 Å². The molecular formula is C43H29NO3. The number of hydrogen-bond acceptors (Lipinski definition) is 3. The zero-order chi connectivity index (χ0) is 31.8. The molecule has 2 fully saturated rings. The molecule has 224 valence electrons. The molecule has 1 heterocycles. The van der Waals surface area contributed by atoms with Crippen LogP contribution >= 0.6 is 0 Å². The normalized spacial score (nSPS) is 24.8. The number of nitrogens with zero attached hydrogens (tertiary/aromatic N) is 1. The van der Waals surface area contributed by atoms with Gasteiger partial charge in [-0.1, -0.05) is 158 Å². The van der Waals surface area contributed by atoms with E-state index in [9.17, 15) is 0 Å². The third kappa shape index (κ3) is 3.39. The summed E-state index contributed by atoms with van der Waals surface area (Å²) in [5, 5.41) is 1.75. The third-order valence-corrected chi connectivity index (χ3v) is 10.6. The molecule has 0 spiro atoms. The topological polar surface area (TPSA) is 54.5 Å². The number of benzene rings is 6. The first kappa shape index (κ1) is 27.4. The maximum Gasteiger partial charge on any atom is 0.239 e. The molecule has 4 heteroatoms. The lowest BCUT2D eigenvalue weighted by Gasteiger charge is -2.39. The summed E-state index contributed by atoms with van der Waals surface area (Å²) in [6, 6.07) is 52.7. The first-order valence-electron chi connectivity index (χ1n) is 16.0. The quantitative estimate of drug-likeness (QED) is 0.187. The number of rotatable bonds is 5. The number of fused-ring (bicyclic) bond motifs is 6. The Morgan fingerprint density at radius 2 is 0.830 bits per heavy atom. The maximum atomic E-state index is 16.0. The van der Waals surface area contributed by atoms with Crippen LogP contribution in [0.2, 0.25) is 0 Å². The first-order valence-corrected chi connectivity index (χ1v) is 16.0. The molecule has 4 nitrogen and oxygen atoms in total. The van der Waals surface area contributed by atoms with Crippen LogP contribution in [0.1, 0.15) is 22.3 Å². The van der Waals surface area contributed by atoms with E-state index in [1.165, 1.54) is 4.90 Å². The van der Waals surface area contributed by atoms with Crippen molar-refractivity contribution in [1.29, 1.82) is 0 Å². The second-order valence-electron chi connectivity index (χ2n) is 12.6. The highest BCUT2D eigenvalue weighted by atomic mass is 16.2. The van der Waals surface area contributed by atoms with Gasteiger partial charge in [-0.3, -0.25) is 14.4 Å². The molecule has 1 saturated carbocycles. The number of imide groups is 1. The van der Waals surface area contributed by atoms with Gasteiger partial charge in [-0.05, 0) is 44.9 Å². The Kier molecular flexibility index (Phi) is 5.88. The first-order chi connectivity index (χ1) is 23.1. The fourth-order valence-corrected chi connectivity index (χ4v) is 8.97. The molecule has 3 aliphatic rings. The lowest BCUT2D eigenvalue weighted by Crippen LogP contribution is -2.45. The van der Waals surface area contributed by atoms with Gasteiger partial charge in [0.15, 0.2) is 5.78 Å². The molecule has 2 amide bonds. The van der Waals surface area contributed by atoms with E-state index < -0.39 is 22.7 Å². The smallest absolute Gasteiger partial charge is 0.239 e. The van der Waals surface area contributed by atoms with E-state index in [1.807, 2.05) is 164 Å². The molecule has 4 atom stereocenters. The van der Waals surface area contributed by atoms with Gasteiger partial charge in [-0.25, -0.2) is 4.90 Å². The molecular weight excluding hydrogens is 578 g/mol. The van der Waals surface area contributed by atoms with E-state index in [0.717, 1.165) is 44.2 Å². The molecule has 0 aromatic heterocycles. The minimum Gasteiger partial charge on any atom is -0.297 e. The Bertz CT molecular complexity index is 2140. The van der Waals surface area contributed by atoms with Gasteiger partial charge in [-0.15, -0.1) is 0 Å². The average Bonchev–Trinajstić information content (AvgIpc) is 3.65. The Balaban J connectivity index is 1.45. The van der Waals surface area contributed by atoms with Crippen molar-refractivity contribution >= 4 is 45.2 Å². The Morgan fingerprint density at radius 1 is 0.426 bits per heavy atom. The van der Waals surface area contributed by atoms with Gasteiger partial charge in [0, 0.05) is 5.39 Å². The molecule has 6 aromatic rings. The fraction of sp³-hybridized carbons (Fsp3) is 0.0930. The molecule has 0 unspecified atom stereocenters. The van der Waals surface area contributed by atoms with Crippen LogP contribution in [-0.2, 0) is 25.2 Å². The summed E-state index contributed by atoms with van der Waals surface area (Å²) >= 11 is 0. The van der Waals surface area contributed by atoms with Crippen molar-refractivity contribution < 1.29 is 14.4 Å². The summed E-state index contributed by atoms with van der Waals surface area (Å²) in [6.07, 6.45) is 0. The molecule has 0 radical (unpaired) electrons. The van der Waals surface area contributed by atoms with E-state index >= 15 is 14.4 Å². The van der Waals surface area contributed by atoms with E-state index in [1.54, 1.807) is 0 Å². The van der Waals surface area contributed by atoms with Crippen molar-refractivity contribution in [2.75, 3.05) is 4.90 Å². The Hall–Kier alpha value is -5.87. The Morgan fingerprint density at radius 3 is 1.32 bits per heavy atom. The second kappa shape index (κ2) is 10.1. The summed E-state index contributed by atoms with van der Waals surface area (Å²) in [7, 11) is 0. The minimum absolute atomic E-state index is 0.116. The van der Waals surface area contributed by atoms with E-state index in [4.69, 9.17) is 0 Å². The lowest BCUT2D eigenvalue weighted by atomic mass is 9.59. The Labute approximate surface area is 272 Å². The number of carbonyl (C=O) groups excluding carboxylic acids is 3. The SMILES string of the molecule is O=C1[C@@H]2[C@H](C(=O)N1c1cccc3ccccc13)[C@@]1(c3ccccc3)C(=O)[C@]2(c2ccccc2)C(c2ccccc2)=C1c1ccccc1. The van der Waals surface area contributed by atoms with Gasteiger partial charge >= 0.3 is 0 Å². The summed E-state index contributed by atoms with van der Waals surface area (Å²) in [6.45, 7) is 0. The highest BCUT2D eigenvalue weighted by molar-refractivity contribution is 6.39. The van der Waals surface area contributed by atoms with Gasteiger partial charge in [0.05, 0.1) is 28.4 Å². The lowest BCUT2D eigenvalue weighted by molar-refractivity contribution is -0.130. The van der Waals surface area contributed by atoms with Crippen molar-refractivity contribution in [3.63, 3.8) is 0 Å². The van der Waals surface area contributed by atoms with Gasteiger partial charge in [0.1, 0.15) is 0 Å². The van der Waals surface area contributed by atoms with E-state index in [-0.39, 0.29) is 17.6 Å². The largest absolute Gasteiger partial charge is 0.297 e. The minimum atomic E-state index is -1.42. The zero-order valence-corrected chi connectivity index (χ0v) is 25.4. The van der Waals surface area contributed by atoms with Crippen LogP contribution in [0.5, 0.6) is 0 Å². The second-order valence-corrected chi connectivity index (χ2v) is 12.6. The summed E-state index contributed by atoms with van der Waals surface area (Å²) in [4.78, 5) is 47.9. The van der Waals surface area contributed by atoms with Gasteiger partial charge in [-0.2, -0.15) is 0 Å². The van der Waals surface area contributed by atoms with Gasteiger partial charge in [0.25, 0.3) is 0 Å². The standard InChI is InChI=1S/C43H29NO3/c45-39-37-38(40(46)44(39)34-27-15-21-28-16-13-14-26-33(28)34)43(32-24-11-4-12-25-32)36(30-19-7-2-8-20-30)35(29-17-5-1-6-18-29)42(37,41(43)47)31-22-9-3-10-23-31/h1-27,37-38H/t37-,38+,42+,43-. The third-order valence-electron chi connectivity index (χ3n) is 10.6. The van der Waals surface area contributed by atoms with Crippen LogP contribution in [0, 0.1) is 11.8 Å². The van der Waals surface area contributed by atoms with Crippen LogP contribution in [0.15, 0.2) is 164 Å². The molecule has 47 heavy (non-hydrogen) atoms. The monoisotopic (exact) mass is 607 g/mol. The number of Topliss-reactive ketones (excluding diaryl/α,β-unsaturated/α-hetero) is 1. The summed E-state index contributed by atoms with van der Waals surface area (Å²) in [5.41, 5.74) is 2.49. The predicted octanol–water partition coefficient (Wildman–Crippen LogP) is 8.03. The molecule has 1 aliphatic heterocycles. The molecule has 6 aromatic carbocycles. The van der Waals surface area contributed by atoms with Crippen molar-refractivity contribution in [3.05, 3.63) is 186 Å². The fourth-order valence-electron chi connectivity index (χ4n) is 8.97. The number of hydrogen-bond donors (Lipinski definition) is 0. The molecule has 2 bridgehead atoms. The van der Waals surface area contributed by atoms with Crippen molar-refractivity contribution in [3.8, 4) is 0 Å². The van der Waals surface area contributed by atoms with Gasteiger partial charge < -0.3 is 0 Å². The average molecular weight is 608 g/mol. The highest BCUT2D eigenvalue weighted by Gasteiger charge is 2.82. The van der Waals surface area contributed by atoms with Crippen LogP contribution < -0.4 is 4.90 Å². The van der Waals surface area contributed by atoms with E-state index in [2.05, 4.69) is 0 Å². The zero-order valence-electron chi connectivity index (χ0n) is 25.4. The molecule has 2 aliphatic carbocycles. The molecule has 0 N–H and O–H groups in total. The summed E-state index contributed by atoms with van der Waals surface area (Å²) < 4.78 is 0. The van der Waals surface area contributed by atoms with Gasteiger partial charge in [0.2, 0.25) is 11.8 Å². The van der Waals surface area contributed by atoms with Crippen molar-refractivity contribution in [1.82, 2.24) is 0 Å². The predicted molar refractivity (Wildman–Crippen MR) is 184 cm³/mol. The number of ketones is 1. The van der Waals surface area contributed by atoms with Crippen LogP contribution in [0.25, 0.3) is 21.9 Å². The number of carbonyl (C=O) groups is 3. The maximum absolute atomic E-state index is 16.0. The van der Waals surface area contributed by atoms with Crippen molar-refractivity contribution in [2.45, 2.75) is 10.8 Å². The number of amides is 2. The number of allylic oxidation sites excluding steroid dienone is 2. The van der Waals surface area contributed by atoms with Crippen molar-refractivity contribution in [2.24, 2.45) is 11.8 Å². The summed E-state index contributed by atoms with van der Waals surface area (Å²) in [5.74, 6) is -2.70. The molecule has 1 saturated heterocycles.